The van der Waals surface area contributed by atoms with Gasteiger partial charge < -0.3 is 20.4 Å². The Labute approximate surface area is 302 Å². The number of hydrogen-bond donors (Lipinski definition) is 4. The van der Waals surface area contributed by atoms with Gasteiger partial charge in [-0.2, -0.15) is 0 Å². The molecule has 0 aliphatic heterocycles. The molecule has 10 unspecified atom stereocenters. The zero-order valence-electron chi connectivity index (χ0n) is 31.1. The first kappa shape index (κ1) is 36.2. The third kappa shape index (κ3) is 4.82. The normalized spacial score (nSPS) is 41.5. The number of carbonyl (C=O) groups excluding carboxylic acids is 2. The Morgan fingerprint density at radius 3 is 2.33 bits per heavy atom. The van der Waals surface area contributed by atoms with Crippen molar-refractivity contribution in [3.05, 3.63) is 76.9 Å². The lowest BCUT2D eigenvalue weighted by molar-refractivity contribution is -0.169. The van der Waals surface area contributed by atoms with E-state index in [1.165, 1.54) is 13.0 Å². The first-order valence-electron chi connectivity index (χ1n) is 19.2. The van der Waals surface area contributed by atoms with E-state index in [4.69, 9.17) is 0 Å². The Balaban J connectivity index is 1.47. The minimum Gasteiger partial charge on any atom is -0.478 e. The van der Waals surface area contributed by atoms with Gasteiger partial charge in [-0.15, -0.1) is 0 Å². The van der Waals surface area contributed by atoms with Crippen LogP contribution in [-0.4, -0.2) is 55.3 Å². The molecule has 3 fully saturated rings. The molecule has 0 spiro atoms. The Morgan fingerprint density at radius 2 is 1.69 bits per heavy atom. The first-order chi connectivity index (χ1) is 23.9. The summed E-state index contributed by atoms with van der Waals surface area (Å²) in [4.78, 5) is 40.7. The molecule has 1 aromatic rings. The molecule has 7 heteroatoms. The summed E-state index contributed by atoms with van der Waals surface area (Å²) >= 11 is 0. The molecule has 6 aliphatic carbocycles. The number of ketones is 2. The number of carbonyl (C=O) groups is 3. The molecule has 0 amide bonds. The topological polar surface area (TPSA) is 132 Å². The molecule has 274 valence electrons. The smallest absolute Gasteiger partial charge is 0.331 e. The second kappa shape index (κ2) is 11.9. The molecule has 6 aliphatic rings. The van der Waals surface area contributed by atoms with Crippen molar-refractivity contribution in [1.29, 1.82) is 0 Å². The summed E-state index contributed by atoms with van der Waals surface area (Å²) in [5, 5.41) is 47.4. The van der Waals surface area contributed by atoms with E-state index in [9.17, 15) is 30.0 Å². The van der Waals surface area contributed by atoms with Crippen LogP contribution in [0.3, 0.4) is 0 Å². The predicted molar refractivity (Wildman–Crippen MR) is 196 cm³/mol. The average molecular weight is 697 g/mol. The second-order valence-corrected chi connectivity index (χ2v) is 18.2. The zero-order valence-corrected chi connectivity index (χ0v) is 31.1. The maximum atomic E-state index is 15.3. The van der Waals surface area contributed by atoms with Crippen molar-refractivity contribution in [3.63, 3.8) is 0 Å². The molecule has 4 N–H and O–H groups in total. The minimum atomic E-state index is -1.63. The fourth-order valence-electron chi connectivity index (χ4n) is 13.3. The maximum absolute atomic E-state index is 15.3. The third-order valence-corrected chi connectivity index (χ3v) is 15.4. The van der Waals surface area contributed by atoms with Gasteiger partial charge in [-0.1, -0.05) is 96.0 Å². The van der Waals surface area contributed by atoms with Crippen molar-refractivity contribution >= 4 is 23.6 Å². The van der Waals surface area contributed by atoms with Gasteiger partial charge in [0.1, 0.15) is 11.4 Å². The van der Waals surface area contributed by atoms with Gasteiger partial charge in [0.05, 0.1) is 11.7 Å². The number of hydrogen-bond acceptors (Lipinski definition) is 6. The number of carboxylic acids is 1. The molecular formula is C44H56O7. The Kier molecular flexibility index (Phi) is 8.49. The van der Waals surface area contributed by atoms with Gasteiger partial charge in [-0.25, -0.2) is 4.79 Å². The van der Waals surface area contributed by atoms with Crippen molar-refractivity contribution < 1.29 is 34.8 Å². The zero-order chi connectivity index (χ0) is 36.9. The molecule has 51 heavy (non-hydrogen) atoms. The fourth-order valence-corrected chi connectivity index (χ4v) is 13.3. The third-order valence-electron chi connectivity index (χ3n) is 15.4. The summed E-state index contributed by atoms with van der Waals surface area (Å²) in [5.41, 5.74) is -3.88. The number of allylic oxidation sites excluding steroid dienone is 1. The van der Waals surface area contributed by atoms with E-state index in [1.54, 1.807) is 6.08 Å². The maximum Gasteiger partial charge on any atom is 0.331 e. The molecule has 0 saturated heterocycles. The number of Topliss-reactive ketones (excluding diaryl/α,β-unsaturated/α-hetero) is 2. The van der Waals surface area contributed by atoms with E-state index < -0.39 is 50.9 Å². The summed E-state index contributed by atoms with van der Waals surface area (Å²) < 4.78 is 0. The number of benzene rings is 1. The van der Waals surface area contributed by atoms with Gasteiger partial charge in [0, 0.05) is 46.2 Å². The quantitative estimate of drug-likeness (QED) is 0.166. The van der Waals surface area contributed by atoms with Gasteiger partial charge in [-0.05, 0) is 91.4 Å². The standard InChI is InChI=1S/C44H56O7/c1-26(22-30(45)23-27(2)38(48)49)32-24-42(50)20-21-44(51)31(17-16-28-12-8-7-9-13-28)36-39(3,4)34(47)18-19-40(36,5)35-33(46)25-43(32,29-14-10-11-15-29)41(42,6)37(35)44/h7-9,12-13,16-17,20-21,23,26,29-32,36,45,50-51H,10-11,14-15,18-19,22,24-25H2,1-6H3,(H,48,49). The Hall–Kier alpha value is -3.13. The lowest BCUT2D eigenvalue weighted by atomic mass is 9.35. The van der Waals surface area contributed by atoms with Crippen LogP contribution in [0.4, 0.5) is 0 Å². The average Bonchev–Trinajstić information content (AvgIpc) is 3.68. The Bertz CT molecular complexity index is 1760. The molecule has 0 radical (unpaired) electrons. The summed E-state index contributed by atoms with van der Waals surface area (Å²) in [6, 6.07) is 9.94. The van der Waals surface area contributed by atoms with Crippen molar-refractivity contribution in [2.75, 3.05) is 0 Å². The number of aliphatic hydroxyl groups excluding tert-OH is 1. The van der Waals surface area contributed by atoms with Crippen LogP contribution in [0.5, 0.6) is 0 Å². The van der Waals surface area contributed by atoms with E-state index in [-0.39, 0.29) is 47.2 Å². The lowest BCUT2D eigenvalue weighted by Crippen LogP contribution is -2.70. The number of aliphatic hydroxyl groups is 3. The van der Waals surface area contributed by atoms with Crippen LogP contribution in [0.2, 0.25) is 0 Å². The molecule has 7 nitrogen and oxygen atoms in total. The SMILES string of the molecule is CC(=CC(O)CC(C)C1CC2(O)C=CC3(O)C4=C(C(=O)CC1(C1CCCC1)C42C)C1(C)CCC(=O)C(C)(C)C1C3C=Cc1ccccc1)C(=O)O. The second-order valence-electron chi connectivity index (χ2n) is 18.2. The minimum absolute atomic E-state index is 0.0230. The predicted octanol–water partition coefficient (Wildman–Crippen LogP) is 7.26. The molecule has 3 saturated carbocycles. The number of fused-ring (bicyclic) bond motifs is 2. The van der Waals surface area contributed by atoms with Gasteiger partial charge in [0.25, 0.3) is 0 Å². The molecular weight excluding hydrogens is 640 g/mol. The lowest BCUT2D eigenvalue weighted by Gasteiger charge is -2.69. The van der Waals surface area contributed by atoms with Crippen LogP contribution >= 0.6 is 0 Å². The molecule has 0 aromatic heterocycles. The highest BCUT2D eigenvalue weighted by Crippen LogP contribution is 2.80. The number of rotatable bonds is 8. The number of aliphatic carboxylic acids is 1. The van der Waals surface area contributed by atoms with E-state index >= 15 is 4.79 Å². The van der Waals surface area contributed by atoms with Crippen molar-refractivity contribution in [1.82, 2.24) is 0 Å². The monoisotopic (exact) mass is 696 g/mol. The van der Waals surface area contributed by atoms with E-state index in [0.717, 1.165) is 31.2 Å². The Morgan fingerprint density at radius 1 is 1.02 bits per heavy atom. The number of carboxylic acid groups (broad SMARTS) is 1. The largest absolute Gasteiger partial charge is 0.478 e. The summed E-state index contributed by atoms with van der Waals surface area (Å²) in [7, 11) is 0. The van der Waals surface area contributed by atoms with Crippen LogP contribution < -0.4 is 0 Å². The van der Waals surface area contributed by atoms with Crippen LogP contribution in [0.1, 0.15) is 105 Å². The highest BCUT2D eigenvalue weighted by Gasteiger charge is 2.80. The molecule has 0 bridgehead atoms. The van der Waals surface area contributed by atoms with E-state index in [0.29, 0.717) is 36.8 Å². The van der Waals surface area contributed by atoms with E-state index in [2.05, 4.69) is 26.8 Å². The summed E-state index contributed by atoms with van der Waals surface area (Å²) in [6.45, 7) is 11.8. The van der Waals surface area contributed by atoms with Crippen LogP contribution in [0.25, 0.3) is 6.08 Å². The fraction of sp³-hybridized carbons (Fsp3) is 0.614. The van der Waals surface area contributed by atoms with Gasteiger partial charge in [0.2, 0.25) is 0 Å². The first-order valence-corrected chi connectivity index (χ1v) is 19.2. The van der Waals surface area contributed by atoms with E-state index in [1.807, 2.05) is 56.3 Å². The molecule has 0 heterocycles. The molecule has 7 rings (SSSR count). The molecule has 1 aromatic carbocycles. The van der Waals surface area contributed by atoms with Crippen molar-refractivity contribution in [3.8, 4) is 0 Å². The van der Waals surface area contributed by atoms with Crippen molar-refractivity contribution in [2.24, 2.45) is 51.2 Å². The van der Waals surface area contributed by atoms with Gasteiger partial charge in [-0.3, -0.25) is 9.59 Å². The summed E-state index contributed by atoms with van der Waals surface area (Å²) in [6.07, 6.45) is 13.8. The van der Waals surface area contributed by atoms with Crippen LogP contribution in [0, 0.1) is 51.2 Å². The van der Waals surface area contributed by atoms with Gasteiger partial charge in [0.15, 0.2) is 5.78 Å². The van der Waals surface area contributed by atoms with Crippen LogP contribution in [-0.2, 0) is 14.4 Å². The summed E-state index contributed by atoms with van der Waals surface area (Å²) in [5.74, 6) is -2.04. The molecule has 10 atom stereocenters. The van der Waals surface area contributed by atoms with Crippen molar-refractivity contribution in [2.45, 2.75) is 117 Å². The van der Waals surface area contributed by atoms with Gasteiger partial charge >= 0.3 is 5.97 Å². The highest BCUT2D eigenvalue weighted by molar-refractivity contribution is 6.02. The highest BCUT2D eigenvalue weighted by atomic mass is 16.4. The van der Waals surface area contributed by atoms with Crippen LogP contribution in [0.15, 0.2) is 71.4 Å².